The van der Waals surface area contributed by atoms with Crippen molar-refractivity contribution in [1.82, 2.24) is 4.98 Å². The molecule has 0 atom stereocenters. The number of halogens is 2. The van der Waals surface area contributed by atoms with Crippen LogP contribution in [0.4, 0.5) is 5.69 Å². The molecule has 0 amide bonds. The summed E-state index contributed by atoms with van der Waals surface area (Å²) in [6, 6.07) is 16.5. The molecule has 0 unspecified atom stereocenters. The molecule has 0 bridgehead atoms. The fourth-order valence-electron chi connectivity index (χ4n) is 2.22. The Kier molecular flexibility index (Phi) is 4.31. The molecule has 0 radical (unpaired) electrons. The first-order valence-corrected chi connectivity index (χ1v) is 8.13. The first kappa shape index (κ1) is 14.6. The van der Waals surface area contributed by atoms with Crippen LogP contribution in [0.5, 0.6) is 0 Å². The number of aromatic nitrogens is 1. The minimum absolute atomic E-state index is 0.740. The average molecular weight is 409 g/mol. The third-order valence-corrected chi connectivity index (χ3v) is 4.29. The number of rotatable bonds is 3. The Balaban J connectivity index is 1.80. The van der Waals surface area contributed by atoms with E-state index in [1.807, 2.05) is 31.2 Å². The van der Waals surface area contributed by atoms with Gasteiger partial charge in [0.1, 0.15) is 0 Å². The van der Waals surface area contributed by atoms with Gasteiger partial charge in [-0.2, -0.15) is 0 Å². The lowest BCUT2D eigenvalue weighted by atomic mass is 10.1. The zero-order valence-electron chi connectivity index (χ0n) is 11.5. The number of pyridine rings is 1. The highest BCUT2D eigenvalue weighted by atomic mass is 127. The molecule has 0 saturated heterocycles. The number of anilines is 1. The molecule has 3 rings (SSSR count). The first-order chi connectivity index (χ1) is 10.1. The Bertz CT molecular complexity index is 802. The Morgan fingerprint density at radius 2 is 1.95 bits per heavy atom. The van der Waals surface area contributed by atoms with E-state index in [0.29, 0.717) is 0 Å². The fourth-order valence-corrected chi connectivity index (χ4v) is 3.14. The summed E-state index contributed by atoms with van der Waals surface area (Å²) in [6.07, 6.45) is 0. The highest BCUT2D eigenvalue weighted by Crippen LogP contribution is 2.24. The number of hydrogen-bond acceptors (Lipinski definition) is 2. The number of nitrogens with zero attached hydrogens (tertiary/aromatic N) is 1. The van der Waals surface area contributed by atoms with Gasteiger partial charge in [-0.1, -0.05) is 23.7 Å². The van der Waals surface area contributed by atoms with Gasteiger partial charge in [-0.15, -0.1) is 0 Å². The second-order valence-corrected chi connectivity index (χ2v) is 6.61. The van der Waals surface area contributed by atoms with Crippen molar-refractivity contribution in [2.24, 2.45) is 0 Å². The highest BCUT2D eigenvalue weighted by molar-refractivity contribution is 14.1. The van der Waals surface area contributed by atoms with Crippen molar-refractivity contribution in [3.63, 3.8) is 0 Å². The average Bonchev–Trinajstić information content (AvgIpc) is 2.46. The molecule has 2 nitrogen and oxygen atoms in total. The van der Waals surface area contributed by atoms with Crippen LogP contribution in [0.2, 0.25) is 5.02 Å². The summed E-state index contributed by atoms with van der Waals surface area (Å²) in [5.74, 6) is 0. The number of nitrogens with one attached hydrogen (secondary N) is 1. The minimum atomic E-state index is 0.740. The lowest BCUT2D eigenvalue weighted by Gasteiger charge is -2.09. The Morgan fingerprint density at radius 3 is 2.76 bits per heavy atom. The van der Waals surface area contributed by atoms with Crippen molar-refractivity contribution < 1.29 is 0 Å². The molecule has 21 heavy (non-hydrogen) atoms. The van der Waals surface area contributed by atoms with Crippen molar-refractivity contribution in [3.8, 4) is 0 Å². The molecular weight excluding hydrogens is 395 g/mol. The predicted octanol–water partition coefficient (Wildman–Crippen LogP) is 5.41. The summed E-state index contributed by atoms with van der Waals surface area (Å²) in [7, 11) is 0. The van der Waals surface area contributed by atoms with E-state index < -0.39 is 0 Å². The summed E-state index contributed by atoms with van der Waals surface area (Å²) in [5, 5.41) is 5.29. The summed E-state index contributed by atoms with van der Waals surface area (Å²) in [6.45, 7) is 2.75. The predicted molar refractivity (Wildman–Crippen MR) is 98.0 cm³/mol. The summed E-state index contributed by atoms with van der Waals surface area (Å²) < 4.78 is 1.13. The molecule has 4 heteroatoms. The van der Waals surface area contributed by atoms with E-state index in [1.165, 1.54) is 5.56 Å². The van der Waals surface area contributed by atoms with Gasteiger partial charge in [0.15, 0.2) is 0 Å². The Labute approximate surface area is 142 Å². The zero-order valence-corrected chi connectivity index (χ0v) is 14.4. The SMILES string of the molecule is Cc1ccc2cc(CNc3ccc(I)cc3Cl)ccc2n1. The van der Waals surface area contributed by atoms with Gasteiger partial charge in [-0.05, 0) is 71.5 Å². The van der Waals surface area contributed by atoms with Gasteiger partial charge in [0.25, 0.3) is 0 Å². The van der Waals surface area contributed by atoms with Crippen molar-refractivity contribution in [2.75, 3.05) is 5.32 Å². The van der Waals surface area contributed by atoms with E-state index >= 15 is 0 Å². The Hall–Kier alpha value is -1.33. The van der Waals surface area contributed by atoms with Crippen LogP contribution >= 0.6 is 34.2 Å². The van der Waals surface area contributed by atoms with Gasteiger partial charge in [-0.3, -0.25) is 4.98 Å². The van der Waals surface area contributed by atoms with Gasteiger partial charge in [-0.25, -0.2) is 0 Å². The van der Waals surface area contributed by atoms with Crippen LogP contribution < -0.4 is 5.32 Å². The molecule has 0 aliphatic carbocycles. The molecule has 0 fully saturated rings. The molecule has 0 aliphatic rings. The fraction of sp³-hybridized carbons (Fsp3) is 0.118. The smallest absolute Gasteiger partial charge is 0.0705 e. The summed E-state index contributed by atoms with van der Waals surface area (Å²) in [4.78, 5) is 4.52. The van der Waals surface area contributed by atoms with Crippen LogP contribution in [0.3, 0.4) is 0 Å². The van der Waals surface area contributed by atoms with Crippen LogP contribution in [0.1, 0.15) is 11.3 Å². The van der Waals surface area contributed by atoms with Crippen LogP contribution in [0.25, 0.3) is 10.9 Å². The van der Waals surface area contributed by atoms with Gasteiger partial charge in [0, 0.05) is 21.2 Å². The van der Waals surface area contributed by atoms with E-state index in [4.69, 9.17) is 11.6 Å². The maximum Gasteiger partial charge on any atom is 0.0705 e. The number of benzene rings is 2. The van der Waals surface area contributed by atoms with Gasteiger partial charge < -0.3 is 5.32 Å². The molecule has 3 aromatic rings. The molecule has 1 N–H and O–H groups in total. The first-order valence-electron chi connectivity index (χ1n) is 6.67. The third kappa shape index (κ3) is 3.47. The van der Waals surface area contributed by atoms with E-state index in [0.717, 1.165) is 37.4 Å². The second kappa shape index (κ2) is 6.20. The lowest BCUT2D eigenvalue weighted by Crippen LogP contribution is -2.00. The molecule has 2 aromatic carbocycles. The number of hydrogen-bond donors (Lipinski definition) is 1. The van der Waals surface area contributed by atoms with Crippen LogP contribution in [0.15, 0.2) is 48.5 Å². The van der Waals surface area contributed by atoms with Crippen LogP contribution in [-0.4, -0.2) is 4.98 Å². The molecular formula is C17H14ClIN2. The van der Waals surface area contributed by atoms with Crippen molar-refractivity contribution >= 4 is 50.8 Å². The number of fused-ring (bicyclic) bond motifs is 1. The molecule has 106 valence electrons. The molecule has 1 heterocycles. The van der Waals surface area contributed by atoms with E-state index in [2.05, 4.69) is 57.2 Å². The zero-order chi connectivity index (χ0) is 14.8. The molecule has 1 aromatic heterocycles. The molecule has 0 spiro atoms. The lowest BCUT2D eigenvalue weighted by molar-refractivity contribution is 1.15. The summed E-state index contributed by atoms with van der Waals surface area (Å²) >= 11 is 8.49. The topological polar surface area (TPSA) is 24.9 Å². The van der Waals surface area contributed by atoms with Crippen molar-refractivity contribution in [1.29, 1.82) is 0 Å². The minimum Gasteiger partial charge on any atom is -0.380 e. The van der Waals surface area contributed by atoms with Gasteiger partial charge in [0.05, 0.1) is 16.2 Å². The van der Waals surface area contributed by atoms with Gasteiger partial charge >= 0.3 is 0 Å². The maximum atomic E-state index is 6.23. The van der Waals surface area contributed by atoms with Gasteiger partial charge in [0.2, 0.25) is 0 Å². The second-order valence-electron chi connectivity index (χ2n) is 4.96. The molecule has 0 aliphatic heterocycles. The quantitative estimate of drug-likeness (QED) is 0.586. The standard InChI is InChI=1S/C17H14ClIN2/c1-11-2-4-13-8-12(3-6-16(13)21-11)10-20-17-7-5-14(19)9-15(17)18/h2-9,20H,10H2,1H3. The van der Waals surface area contributed by atoms with Crippen LogP contribution in [0, 0.1) is 10.5 Å². The van der Waals surface area contributed by atoms with Crippen molar-refractivity contribution in [2.45, 2.75) is 13.5 Å². The maximum absolute atomic E-state index is 6.23. The van der Waals surface area contributed by atoms with E-state index in [1.54, 1.807) is 0 Å². The van der Waals surface area contributed by atoms with Crippen LogP contribution in [-0.2, 0) is 6.54 Å². The summed E-state index contributed by atoms with van der Waals surface area (Å²) in [5.41, 5.74) is 4.24. The Morgan fingerprint density at radius 1 is 1.10 bits per heavy atom. The monoisotopic (exact) mass is 408 g/mol. The van der Waals surface area contributed by atoms with E-state index in [9.17, 15) is 0 Å². The normalized spacial score (nSPS) is 10.8. The highest BCUT2D eigenvalue weighted by Gasteiger charge is 2.02. The van der Waals surface area contributed by atoms with Crippen molar-refractivity contribution in [3.05, 3.63) is 68.4 Å². The van der Waals surface area contributed by atoms with E-state index in [-0.39, 0.29) is 0 Å². The largest absolute Gasteiger partial charge is 0.380 e. The third-order valence-electron chi connectivity index (χ3n) is 3.31. The number of aryl methyl sites for hydroxylation is 1. The molecule has 0 saturated carbocycles.